The Labute approximate surface area is 243 Å². The van der Waals surface area contributed by atoms with Gasteiger partial charge in [0.25, 0.3) is 0 Å². The molecule has 9 aromatic rings. The number of aromatic nitrogens is 1. The highest BCUT2D eigenvalue weighted by Crippen LogP contribution is 2.38. The number of benzene rings is 8. The molecule has 0 fully saturated rings. The van der Waals surface area contributed by atoms with E-state index in [9.17, 15) is 0 Å². The zero-order valence-electron chi connectivity index (χ0n) is 22.9. The van der Waals surface area contributed by atoms with Crippen LogP contribution in [0.4, 0.5) is 11.4 Å². The maximum Gasteiger partial charge on any atom is 0.0542 e. The molecule has 0 aliphatic heterocycles. The third-order valence-corrected chi connectivity index (χ3v) is 8.71. The van der Waals surface area contributed by atoms with E-state index >= 15 is 0 Å². The second-order valence-corrected chi connectivity index (χ2v) is 11.1. The summed E-state index contributed by atoms with van der Waals surface area (Å²) in [5.74, 6) is 0. The van der Waals surface area contributed by atoms with Crippen LogP contribution in [-0.4, -0.2) is 4.57 Å². The van der Waals surface area contributed by atoms with Crippen molar-refractivity contribution < 1.29 is 0 Å². The van der Waals surface area contributed by atoms with Crippen molar-refractivity contribution >= 4 is 76.3 Å². The van der Waals surface area contributed by atoms with E-state index in [1.165, 1.54) is 70.6 Å². The largest absolute Gasteiger partial charge is 0.355 e. The van der Waals surface area contributed by atoms with E-state index in [4.69, 9.17) is 0 Å². The van der Waals surface area contributed by atoms with Crippen molar-refractivity contribution in [2.45, 2.75) is 0 Å². The van der Waals surface area contributed by atoms with Crippen LogP contribution in [0.1, 0.15) is 0 Å². The minimum absolute atomic E-state index is 1.08. The molecule has 0 bridgehead atoms. The van der Waals surface area contributed by atoms with Crippen molar-refractivity contribution in [3.63, 3.8) is 0 Å². The number of hydrogen-bond acceptors (Lipinski definition) is 1. The highest BCUT2D eigenvalue weighted by atomic mass is 15.0. The van der Waals surface area contributed by atoms with Crippen molar-refractivity contribution in [2.75, 3.05) is 5.32 Å². The van der Waals surface area contributed by atoms with E-state index in [2.05, 4.69) is 162 Å². The van der Waals surface area contributed by atoms with Crippen LogP contribution in [0.2, 0.25) is 0 Å². The van der Waals surface area contributed by atoms with Crippen LogP contribution in [0.25, 0.3) is 70.6 Å². The lowest BCUT2D eigenvalue weighted by Crippen LogP contribution is -1.95. The molecule has 2 nitrogen and oxygen atoms in total. The van der Waals surface area contributed by atoms with Crippen molar-refractivity contribution in [2.24, 2.45) is 0 Å². The van der Waals surface area contributed by atoms with E-state index in [-0.39, 0.29) is 0 Å². The Kier molecular flexibility index (Phi) is 4.93. The van der Waals surface area contributed by atoms with Crippen LogP contribution < -0.4 is 5.32 Å². The lowest BCUT2D eigenvalue weighted by molar-refractivity contribution is 1.20. The molecule has 42 heavy (non-hydrogen) atoms. The van der Waals surface area contributed by atoms with E-state index in [0.717, 1.165) is 11.4 Å². The molecule has 0 aliphatic rings. The molecule has 8 aromatic carbocycles. The van der Waals surface area contributed by atoms with Gasteiger partial charge >= 0.3 is 0 Å². The Morgan fingerprint density at radius 3 is 1.57 bits per heavy atom. The molecule has 1 aromatic heterocycles. The van der Waals surface area contributed by atoms with Crippen molar-refractivity contribution in [3.8, 4) is 5.69 Å². The van der Waals surface area contributed by atoms with Gasteiger partial charge < -0.3 is 9.88 Å². The van der Waals surface area contributed by atoms with Crippen LogP contribution in [0.5, 0.6) is 0 Å². The van der Waals surface area contributed by atoms with E-state index < -0.39 is 0 Å². The Morgan fingerprint density at radius 2 is 0.833 bits per heavy atom. The molecule has 9 rings (SSSR count). The average molecular weight is 535 g/mol. The van der Waals surface area contributed by atoms with Gasteiger partial charge in [-0.2, -0.15) is 0 Å². The van der Waals surface area contributed by atoms with Crippen LogP contribution in [0.15, 0.2) is 152 Å². The number of fused-ring (bicyclic) bond motifs is 10. The molecule has 0 unspecified atom stereocenters. The maximum atomic E-state index is 3.74. The molecule has 0 aliphatic carbocycles. The summed E-state index contributed by atoms with van der Waals surface area (Å²) in [7, 11) is 0. The van der Waals surface area contributed by atoms with Gasteiger partial charge in [0.1, 0.15) is 0 Å². The molecule has 0 amide bonds. The number of nitrogens with one attached hydrogen (secondary N) is 1. The monoisotopic (exact) mass is 534 g/mol. The second-order valence-electron chi connectivity index (χ2n) is 11.1. The minimum atomic E-state index is 1.08. The summed E-state index contributed by atoms with van der Waals surface area (Å²) < 4.78 is 2.41. The first-order chi connectivity index (χ1) is 20.8. The molecule has 0 radical (unpaired) electrons. The number of anilines is 2. The van der Waals surface area contributed by atoms with Crippen molar-refractivity contribution in [3.05, 3.63) is 152 Å². The van der Waals surface area contributed by atoms with Crippen LogP contribution in [0.3, 0.4) is 0 Å². The standard InChI is InChI=1S/C40H26N2/c1-2-12-29-26(10-1)11-9-19-38(29)42-39-18-8-7-17-35(39)37-25-28(21-23-40(37)42)41-27-20-22-34-32-15-4-3-13-30(32)31-14-5-6-16-33(31)36(34)24-27/h1-25,41H. The normalized spacial score (nSPS) is 11.8. The molecule has 1 heterocycles. The second kappa shape index (κ2) is 8.95. The summed E-state index contributed by atoms with van der Waals surface area (Å²) in [6, 6.07) is 54.9. The smallest absolute Gasteiger partial charge is 0.0542 e. The van der Waals surface area contributed by atoms with Crippen molar-refractivity contribution in [1.82, 2.24) is 4.57 Å². The molecular formula is C40H26N2. The van der Waals surface area contributed by atoms with Gasteiger partial charge in [0.05, 0.1) is 16.7 Å². The Bertz CT molecular complexity index is 2460. The molecular weight excluding hydrogens is 508 g/mol. The van der Waals surface area contributed by atoms with Gasteiger partial charge in [0.2, 0.25) is 0 Å². The quantitative estimate of drug-likeness (QED) is 0.223. The third kappa shape index (κ3) is 3.39. The fourth-order valence-electron chi connectivity index (χ4n) is 6.87. The highest BCUT2D eigenvalue weighted by Gasteiger charge is 2.15. The molecule has 196 valence electrons. The topological polar surface area (TPSA) is 17.0 Å². The van der Waals surface area contributed by atoms with Crippen LogP contribution >= 0.6 is 0 Å². The minimum Gasteiger partial charge on any atom is -0.355 e. The summed E-state index contributed by atoms with van der Waals surface area (Å²) in [5.41, 5.74) is 5.78. The molecule has 1 N–H and O–H groups in total. The fourth-order valence-corrected chi connectivity index (χ4v) is 6.87. The van der Waals surface area contributed by atoms with Gasteiger partial charge in [-0.1, -0.05) is 109 Å². The first kappa shape index (κ1) is 23.1. The molecule has 0 saturated heterocycles. The van der Waals surface area contributed by atoms with Gasteiger partial charge in [-0.3, -0.25) is 0 Å². The Balaban J connectivity index is 1.21. The SMILES string of the molecule is c1ccc2c(-n3c4ccccc4c4cc(Nc5ccc6c7ccccc7c7ccccc7c6c5)ccc43)cccc2c1. The van der Waals surface area contributed by atoms with Gasteiger partial charge in [0, 0.05) is 27.5 Å². The first-order valence-electron chi connectivity index (χ1n) is 14.5. The van der Waals surface area contributed by atoms with Crippen LogP contribution in [0, 0.1) is 0 Å². The molecule has 2 heteroatoms. The predicted octanol–water partition coefficient (Wildman–Crippen LogP) is 11.1. The van der Waals surface area contributed by atoms with Gasteiger partial charge in [0.15, 0.2) is 0 Å². The summed E-state index contributed by atoms with van der Waals surface area (Å²) in [4.78, 5) is 0. The highest BCUT2D eigenvalue weighted by molar-refractivity contribution is 6.25. The Morgan fingerprint density at radius 1 is 0.333 bits per heavy atom. The summed E-state index contributed by atoms with van der Waals surface area (Å²) in [6.07, 6.45) is 0. The molecule has 0 spiro atoms. The average Bonchev–Trinajstić information content (AvgIpc) is 3.38. The van der Waals surface area contributed by atoms with Crippen molar-refractivity contribution in [1.29, 1.82) is 0 Å². The lowest BCUT2D eigenvalue weighted by atomic mass is 9.94. The predicted molar refractivity (Wildman–Crippen MR) is 181 cm³/mol. The zero-order valence-corrected chi connectivity index (χ0v) is 22.9. The summed E-state index contributed by atoms with van der Waals surface area (Å²) >= 11 is 0. The maximum absolute atomic E-state index is 3.74. The molecule has 0 atom stereocenters. The third-order valence-electron chi connectivity index (χ3n) is 8.71. The van der Waals surface area contributed by atoms with E-state index in [1.807, 2.05) is 0 Å². The van der Waals surface area contributed by atoms with Gasteiger partial charge in [-0.25, -0.2) is 0 Å². The number of nitrogens with zero attached hydrogens (tertiary/aromatic N) is 1. The van der Waals surface area contributed by atoms with Gasteiger partial charge in [-0.05, 0) is 80.2 Å². The van der Waals surface area contributed by atoms with E-state index in [0.29, 0.717) is 0 Å². The van der Waals surface area contributed by atoms with E-state index in [1.54, 1.807) is 0 Å². The fraction of sp³-hybridized carbons (Fsp3) is 0. The van der Waals surface area contributed by atoms with Gasteiger partial charge in [-0.15, -0.1) is 0 Å². The number of rotatable bonds is 3. The zero-order chi connectivity index (χ0) is 27.6. The number of hydrogen-bond donors (Lipinski definition) is 1. The summed E-state index contributed by atoms with van der Waals surface area (Å²) in [5, 5.41) is 16.4. The van der Waals surface area contributed by atoms with Crippen LogP contribution in [-0.2, 0) is 0 Å². The number of para-hydroxylation sites is 1. The Hall–Kier alpha value is -5.60. The molecule has 0 saturated carbocycles. The first-order valence-corrected chi connectivity index (χ1v) is 14.5. The lowest BCUT2D eigenvalue weighted by Gasteiger charge is -2.13. The summed E-state index contributed by atoms with van der Waals surface area (Å²) in [6.45, 7) is 0.